The van der Waals surface area contributed by atoms with Gasteiger partial charge in [-0.15, -0.1) is 11.8 Å². The molecule has 3 nitrogen and oxygen atoms in total. The Bertz CT molecular complexity index is 533. The summed E-state index contributed by atoms with van der Waals surface area (Å²) in [5.74, 6) is 2.05. The molecule has 2 rings (SSSR count). The molecule has 0 amide bonds. The summed E-state index contributed by atoms with van der Waals surface area (Å²) in [6.07, 6.45) is 2.20. The van der Waals surface area contributed by atoms with Gasteiger partial charge in [-0.2, -0.15) is 11.8 Å². The van der Waals surface area contributed by atoms with Crippen LogP contribution in [0, 0.1) is 13.8 Å². The molecular weight excluding hydrogens is 302 g/mol. The van der Waals surface area contributed by atoms with Gasteiger partial charge < -0.3 is 4.74 Å². The van der Waals surface area contributed by atoms with Crippen molar-refractivity contribution >= 4 is 29.3 Å². The highest BCUT2D eigenvalue weighted by atomic mass is 32.2. The van der Waals surface area contributed by atoms with E-state index < -0.39 is 0 Å². The van der Waals surface area contributed by atoms with Gasteiger partial charge in [0, 0.05) is 33.6 Å². The molecule has 1 aliphatic heterocycles. The Balaban J connectivity index is 2.10. The largest absolute Gasteiger partial charge is 0.496 e. The summed E-state index contributed by atoms with van der Waals surface area (Å²) in [7, 11) is 1.66. The van der Waals surface area contributed by atoms with Gasteiger partial charge in [-0.25, -0.2) is 0 Å². The Morgan fingerprint density at radius 3 is 2.71 bits per heavy atom. The van der Waals surface area contributed by atoms with E-state index in [2.05, 4.69) is 18.8 Å². The van der Waals surface area contributed by atoms with Crippen LogP contribution in [0.2, 0.25) is 0 Å². The van der Waals surface area contributed by atoms with E-state index in [-0.39, 0.29) is 11.0 Å². The fourth-order valence-electron chi connectivity index (χ4n) is 2.48. The van der Waals surface area contributed by atoms with E-state index >= 15 is 0 Å². The molecule has 2 heterocycles. The van der Waals surface area contributed by atoms with Crippen LogP contribution in [0.25, 0.3) is 0 Å². The van der Waals surface area contributed by atoms with Crippen molar-refractivity contribution in [1.82, 2.24) is 4.98 Å². The third-order valence-corrected chi connectivity index (χ3v) is 7.44. The quantitative estimate of drug-likeness (QED) is 0.848. The Labute approximate surface area is 135 Å². The number of ketones is 1. The van der Waals surface area contributed by atoms with Crippen LogP contribution in [0.5, 0.6) is 5.75 Å². The van der Waals surface area contributed by atoms with E-state index in [0.29, 0.717) is 16.9 Å². The minimum atomic E-state index is 0.0923. The third kappa shape index (κ3) is 3.75. The first-order chi connectivity index (χ1) is 9.93. The number of ether oxygens (including phenoxy) is 1. The zero-order valence-electron chi connectivity index (χ0n) is 13.3. The van der Waals surface area contributed by atoms with Crippen molar-refractivity contribution in [2.24, 2.45) is 0 Å². The lowest BCUT2D eigenvalue weighted by Crippen LogP contribution is -2.32. The molecule has 0 aliphatic carbocycles. The zero-order chi connectivity index (χ0) is 15.6. The molecule has 0 N–H and O–H groups in total. The van der Waals surface area contributed by atoms with Crippen LogP contribution in [0.15, 0.2) is 6.20 Å². The highest BCUT2D eigenvalue weighted by molar-refractivity contribution is 8.08. The Kier molecular flexibility index (Phi) is 5.60. The van der Waals surface area contributed by atoms with Gasteiger partial charge in [0.1, 0.15) is 5.75 Å². The van der Waals surface area contributed by atoms with E-state index in [1.165, 1.54) is 0 Å². The zero-order valence-corrected chi connectivity index (χ0v) is 14.9. The highest BCUT2D eigenvalue weighted by Gasteiger charge is 2.30. The summed E-state index contributed by atoms with van der Waals surface area (Å²) in [4.78, 5) is 17.0. The summed E-state index contributed by atoms with van der Waals surface area (Å²) < 4.78 is 5.41. The second-order valence-corrected chi connectivity index (χ2v) is 8.55. The maximum Gasteiger partial charge on any atom is 0.152 e. The van der Waals surface area contributed by atoms with Gasteiger partial charge in [-0.05, 0) is 13.8 Å². The van der Waals surface area contributed by atoms with Gasteiger partial charge in [0.2, 0.25) is 0 Å². The molecule has 3 atom stereocenters. The van der Waals surface area contributed by atoms with Crippen LogP contribution in [-0.2, 0) is 11.2 Å². The molecule has 0 spiro atoms. The van der Waals surface area contributed by atoms with Crippen molar-refractivity contribution in [2.75, 3.05) is 12.9 Å². The lowest BCUT2D eigenvalue weighted by atomic mass is 10.1. The number of hydrogen-bond acceptors (Lipinski definition) is 5. The minimum absolute atomic E-state index is 0.0923. The molecule has 1 fully saturated rings. The van der Waals surface area contributed by atoms with Gasteiger partial charge in [0.15, 0.2) is 5.78 Å². The molecule has 21 heavy (non-hydrogen) atoms. The monoisotopic (exact) mass is 325 g/mol. The molecular formula is C16H23NO2S2. The van der Waals surface area contributed by atoms with Crippen molar-refractivity contribution in [3.63, 3.8) is 0 Å². The number of Topliss-reactive ketones (excluding diaryl/α,β-unsaturated/α-hetero) is 1. The maximum absolute atomic E-state index is 12.5. The fraction of sp³-hybridized carbons (Fsp3) is 0.625. The number of nitrogens with zero attached hydrogens (tertiary/aromatic N) is 1. The first-order valence-corrected chi connectivity index (χ1v) is 9.22. The Morgan fingerprint density at radius 1 is 1.38 bits per heavy atom. The molecule has 3 unspecified atom stereocenters. The fourth-order valence-corrected chi connectivity index (χ4v) is 5.37. The van der Waals surface area contributed by atoms with Crippen LogP contribution in [-0.4, -0.2) is 39.4 Å². The van der Waals surface area contributed by atoms with Gasteiger partial charge in [0.25, 0.3) is 0 Å². The third-order valence-electron chi connectivity index (χ3n) is 4.00. The van der Waals surface area contributed by atoms with Crippen LogP contribution < -0.4 is 4.74 Å². The normalized spacial score (nSPS) is 25.7. The van der Waals surface area contributed by atoms with Gasteiger partial charge in [-0.1, -0.05) is 13.8 Å². The predicted octanol–water partition coefficient (Wildman–Crippen LogP) is 3.44. The van der Waals surface area contributed by atoms with Crippen LogP contribution in [0.1, 0.15) is 30.7 Å². The standard InChI is InChI=1S/C16H23NO2S2/c1-9-7-17-13(10(2)16(9)19-5)6-14(18)15-8-20-11(3)12(4)21-15/h7,11-12,15H,6,8H2,1-5H3. The van der Waals surface area contributed by atoms with Crippen molar-refractivity contribution in [1.29, 1.82) is 0 Å². The minimum Gasteiger partial charge on any atom is -0.496 e. The van der Waals surface area contributed by atoms with Crippen molar-refractivity contribution in [3.05, 3.63) is 23.0 Å². The van der Waals surface area contributed by atoms with Crippen LogP contribution in [0.3, 0.4) is 0 Å². The SMILES string of the molecule is COc1c(C)cnc(CC(=O)C2CSC(C)C(C)S2)c1C. The molecule has 1 aromatic rings. The number of thioether (sulfide) groups is 2. The van der Waals surface area contributed by atoms with Crippen LogP contribution in [0.4, 0.5) is 0 Å². The Morgan fingerprint density at radius 2 is 2.10 bits per heavy atom. The molecule has 0 bridgehead atoms. The second kappa shape index (κ2) is 7.05. The second-order valence-electron chi connectivity index (χ2n) is 5.56. The molecule has 116 valence electrons. The molecule has 5 heteroatoms. The maximum atomic E-state index is 12.5. The molecule has 0 radical (unpaired) electrons. The predicted molar refractivity (Wildman–Crippen MR) is 91.7 cm³/mol. The number of pyridine rings is 1. The average Bonchev–Trinajstić information content (AvgIpc) is 2.45. The van der Waals surface area contributed by atoms with E-state index in [4.69, 9.17) is 4.74 Å². The van der Waals surface area contributed by atoms with Gasteiger partial charge in [0.05, 0.1) is 24.5 Å². The molecule has 1 aromatic heterocycles. The summed E-state index contributed by atoms with van der Waals surface area (Å²) >= 11 is 3.71. The van der Waals surface area contributed by atoms with Crippen molar-refractivity contribution in [3.8, 4) is 5.75 Å². The van der Waals surface area contributed by atoms with Crippen LogP contribution >= 0.6 is 23.5 Å². The molecule has 0 saturated carbocycles. The lowest BCUT2D eigenvalue weighted by molar-refractivity contribution is -0.117. The average molecular weight is 325 g/mol. The summed E-state index contributed by atoms with van der Waals surface area (Å²) in [5, 5.41) is 1.24. The van der Waals surface area contributed by atoms with Crippen molar-refractivity contribution in [2.45, 2.75) is 49.9 Å². The summed E-state index contributed by atoms with van der Waals surface area (Å²) in [6, 6.07) is 0. The summed E-state index contributed by atoms with van der Waals surface area (Å²) in [5.41, 5.74) is 2.84. The van der Waals surface area contributed by atoms with Gasteiger partial charge >= 0.3 is 0 Å². The van der Waals surface area contributed by atoms with Crippen molar-refractivity contribution < 1.29 is 9.53 Å². The number of hydrogen-bond donors (Lipinski definition) is 0. The van der Waals surface area contributed by atoms with E-state index in [9.17, 15) is 4.79 Å². The van der Waals surface area contributed by atoms with E-state index in [0.717, 1.165) is 28.3 Å². The smallest absolute Gasteiger partial charge is 0.152 e. The topological polar surface area (TPSA) is 39.2 Å². The highest BCUT2D eigenvalue weighted by Crippen LogP contribution is 2.36. The number of aryl methyl sites for hydroxylation is 1. The number of methoxy groups -OCH3 is 1. The first-order valence-electron chi connectivity index (χ1n) is 7.22. The number of carbonyl (C=O) groups is 1. The first kappa shape index (κ1) is 16.7. The molecule has 0 aromatic carbocycles. The molecule has 1 aliphatic rings. The number of aromatic nitrogens is 1. The number of carbonyl (C=O) groups excluding carboxylic acids is 1. The summed E-state index contributed by atoms with van der Waals surface area (Å²) in [6.45, 7) is 8.40. The number of rotatable bonds is 4. The Hall–Kier alpha value is -0.680. The van der Waals surface area contributed by atoms with E-state index in [1.807, 2.05) is 37.4 Å². The lowest BCUT2D eigenvalue weighted by Gasteiger charge is -2.30. The van der Waals surface area contributed by atoms with E-state index in [1.54, 1.807) is 13.3 Å². The van der Waals surface area contributed by atoms with Gasteiger partial charge in [-0.3, -0.25) is 9.78 Å². The molecule has 1 saturated heterocycles.